The minimum absolute atomic E-state index is 0.207. The summed E-state index contributed by atoms with van der Waals surface area (Å²) in [6.07, 6.45) is 2.49. The van der Waals surface area contributed by atoms with Crippen molar-refractivity contribution < 1.29 is 14.3 Å². The van der Waals surface area contributed by atoms with E-state index in [1.54, 1.807) is 7.11 Å². The lowest BCUT2D eigenvalue weighted by Crippen LogP contribution is -2.35. The Morgan fingerprint density at radius 1 is 1.12 bits per heavy atom. The number of ketones is 1. The zero-order valence-electron chi connectivity index (χ0n) is 15.4. The van der Waals surface area contributed by atoms with E-state index in [0.717, 1.165) is 24.2 Å². The zero-order chi connectivity index (χ0) is 18.4. The number of hydrogen-bond donors (Lipinski definition) is 0. The number of carbonyl (C=O) groups excluding carboxylic acids is 1. The fourth-order valence-electron chi connectivity index (χ4n) is 3.25. The number of likely N-dealkylation sites (tertiary alicyclic amines) is 1. The maximum absolute atomic E-state index is 12.4. The monoisotopic (exact) mass is 351 g/mol. The van der Waals surface area contributed by atoms with Crippen molar-refractivity contribution in [3.05, 3.63) is 65.2 Å². The number of hydrogen-bond acceptors (Lipinski definition) is 4. The smallest absolute Gasteiger partial charge is 0.167 e. The molecule has 0 spiro atoms. The molecule has 136 valence electrons. The molecular weight excluding hydrogens is 326 g/mol. The summed E-state index contributed by atoms with van der Waals surface area (Å²) >= 11 is 0. The summed E-state index contributed by atoms with van der Waals surface area (Å²) in [7, 11) is 1.63. The fourth-order valence-corrected chi connectivity index (χ4v) is 3.25. The summed E-state index contributed by atoms with van der Waals surface area (Å²) in [5, 5.41) is 0. The van der Waals surface area contributed by atoms with E-state index in [1.165, 1.54) is 5.56 Å². The second-order valence-corrected chi connectivity index (χ2v) is 6.35. The number of methoxy groups -OCH3 is 1. The van der Waals surface area contributed by atoms with Gasteiger partial charge >= 0.3 is 0 Å². The topological polar surface area (TPSA) is 38.8 Å². The second-order valence-electron chi connectivity index (χ2n) is 6.35. The van der Waals surface area contributed by atoms with E-state index in [4.69, 9.17) is 9.47 Å². The van der Waals surface area contributed by atoms with Crippen molar-refractivity contribution in [1.82, 2.24) is 4.90 Å². The Bertz CT molecular complexity index is 783. The lowest BCUT2D eigenvalue weighted by molar-refractivity contribution is -0.117. The maximum Gasteiger partial charge on any atom is 0.167 e. The molecule has 4 nitrogen and oxygen atoms in total. The van der Waals surface area contributed by atoms with Gasteiger partial charge in [-0.05, 0) is 24.6 Å². The number of benzene rings is 2. The third-order valence-corrected chi connectivity index (χ3v) is 4.50. The minimum Gasteiger partial charge on any atom is -0.492 e. The predicted molar refractivity (Wildman–Crippen MR) is 103 cm³/mol. The summed E-state index contributed by atoms with van der Waals surface area (Å²) < 4.78 is 11.2. The molecule has 1 heterocycles. The lowest BCUT2D eigenvalue weighted by Gasteiger charge is -2.28. The molecule has 0 amide bonds. The van der Waals surface area contributed by atoms with Crippen molar-refractivity contribution in [1.29, 1.82) is 0 Å². The van der Waals surface area contributed by atoms with Crippen LogP contribution in [0.4, 0.5) is 0 Å². The van der Waals surface area contributed by atoms with Crippen LogP contribution in [0.5, 0.6) is 11.5 Å². The minimum atomic E-state index is 0.207. The van der Waals surface area contributed by atoms with Crippen molar-refractivity contribution in [2.75, 3.05) is 26.8 Å². The zero-order valence-corrected chi connectivity index (χ0v) is 15.4. The van der Waals surface area contributed by atoms with Gasteiger partial charge in [0.1, 0.15) is 0 Å². The van der Waals surface area contributed by atoms with Gasteiger partial charge in [0.15, 0.2) is 17.3 Å². The average molecular weight is 351 g/mol. The number of carbonyl (C=O) groups is 1. The third-order valence-electron chi connectivity index (χ3n) is 4.50. The van der Waals surface area contributed by atoms with Gasteiger partial charge in [0.05, 0.1) is 13.7 Å². The number of Topliss-reactive ketones (excluding diaryl/α,β-unsaturated/α-hetero) is 1. The molecule has 3 rings (SSSR count). The SMILES string of the molecule is CCOc1cccc(/C=C2\CN(Cc3ccccc3)CCC2=O)c1OC. The average Bonchev–Trinajstić information content (AvgIpc) is 2.66. The molecule has 1 aliphatic rings. The first kappa shape index (κ1) is 18.2. The van der Waals surface area contributed by atoms with Crippen LogP contribution in [0.1, 0.15) is 24.5 Å². The van der Waals surface area contributed by atoms with Crippen LogP contribution in [0.15, 0.2) is 54.1 Å². The van der Waals surface area contributed by atoms with Crippen molar-refractivity contribution in [2.24, 2.45) is 0 Å². The van der Waals surface area contributed by atoms with E-state index in [1.807, 2.05) is 49.4 Å². The molecule has 0 aliphatic carbocycles. The van der Waals surface area contributed by atoms with Gasteiger partial charge in [0.2, 0.25) is 0 Å². The summed E-state index contributed by atoms with van der Waals surface area (Å²) in [5.41, 5.74) is 2.96. The van der Waals surface area contributed by atoms with Crippen LogP contribution in [0.25, 0.3) is 6.08 Å². The molecule has 0 unspecified atom stereocenters. The molecule has 1 aliphatic heterocycles. The van der Waals surface area contributed by atoms with Gasteiger partial charge < -0.3 is 9.47 Å². The Kier molecular flexibility index (Phi) is 6.08. The molecule has 2 aromatic rings. The van der Waals surface area contributed by atoms with Crippen LogP contribution in [0.2, 0.25) is 0 Å². The highest BCUT2D eigenvalue weighted by Gasteiger charge is 2.22. The molecule has 1 fully saturated rings. The summed E-state index contributed by atoms with van der Waals surface area (Å²) in [6, 6.07) is 16.1. The Hall–Kier alpha value is -2.59. The Morgan fingerprint density at radius 2 is 1.92 bits per heavy atom. The Morgan fingerprint density at radius 3 is 2.65 bits per heavy atom. The number of ether oxygens (including phenoxy) is 2. The molecule has 0 bridgehead atoms. The van der Waals surface area contributed by atoms with Crippen molar-refractivity contribution in [3.63, 3.8) is 0 Å². The van der Waals surface area contributed by atoms with Crippen LogP contribution in [-0.4, -0.2) is 37.5 Å². The molecule has 0 saturated carbocycles. The highest BCUT2D eigenvalue weighted by Crippen LogP contribution is 2.33. The number of para-hydroxylation sites is 1. The molecule has 26 heavy (non-hydrogen) atoms. The summed E-state index contributed by atoms with van der Waals surface area (Å²) in [5.74, 6) is 1.58. The molecule has 2 aromatic carbocycles. The van der Waals surface area contributed by atoms with Crippen LogP contribution in [0, 0.1) is 0 Å². The van der Waals surface area contributed by atoms with E-state index in [0.29, 0.717) is 31.1 Å². The molecule has 0 radical (unpaired) electrons. The molecule has 0 atom stereocenters. The molecule has 1 saturated heterocycles. The molecule has 0 aromatic heterocycles. The van der Waals surface area contributed by atoms with E-state index in [2.05, 4.69) is 17.0 Å². The van der Waals surface area contributed by atoms with E-state index in [-0.39, 0.29) is 5.78 Å². The van der Waals surface area contributed by atoms with Gasteiger partial charge in [-0.15, -0.1) is 0 Å². The second kappa shape index (κ2) is 8.68. The van der Waals surface area contributed by atoms with Crippen molar-refractivity contribution >= 4 is 11.9 Å². The van der Waals surface area contributed by atoms with Crippen molar-refractivity contribution in [3.8, 4) is 11.5 Å². The van der Waals surface area contributed by atoms with Gasteiger partial charge in [-0.3, -0.25) is 9.69 Å². The normalized spacial score (nSPS) is 16.7. The largest absolute Gasteiger partial charge is 0.492 e. The number of piperidine rings is 1. The Labute approximate surface area is 155 Å². The highest BCUT2D eigenvalue weighted by molar-refractivity contribution is 6.01. The summed E-state index contributed by atoms with van der Waals surface area (Å²) in [6.45, 7) is 4.80. The van der Waals surface area contributed by atoms with E-state index >= 15 is 0 Å². The quantitative estimate of drug-likeness (QED) is 0.739. The van der Waals surface area contributed by atoms with E-state index in [9.17, 15) is 4.79 Å². The van der Waals surface area contributed by atoms with Gasteiger partial charge in [-0.2, -0.15) is 0 Å². The third kappa shape index (κ3) is 4.33. The van der Waals surface area contributed by atoms with Crippen molar-refractivity contribution in [2.45, 2.75) is 19.9 Å². The predicted octanol–water partition coefficient (Wildman–Crippen LogP) is 3.95. The first-order chi connectivity index (χ1) is 12.7. The van der Waals surface area contributed by atoms with Gasteiger partial charge in [0, 0.05) is 37.2 Å². The van der Waals surface area contributed by atoms with Crippen LogP contribution >= 0.6 is 0 Å². The fraction of sp³-hybridized carbons (Fsp3) is 0.318. The summed E-state index contributed by atoms with van der Waals surface area (Å²) in [4.78, 5) is 14.7. The Balaban J connectivity index is 1.82. The standard InChI is InChI=1S/C22H25NO3/c1-3-26-21-11-7-10-18(22(21)25-2)14-19-16-23(13-12-20(19)24)15-17-8-5-4-6-9-17/h4-11,14H,3,12-13,15-16H2,1-2H3/b19-14+. The molecule has 0 N–H and O–H groups in total. The number of rotatable bonds is 6. The van der Waals surface area contributed by atoms with Crippen LogP contribution in [0.3, 0.4) is 0 Å². The first-order valence-corrected chi connectivity index (χ1v) is 9.01. The maximum atomic E-state index is 12.4. The molecule has 4 heteroatoms. The van der Waals surface area contributed by atoms with E-state index < -0.39 is 0 Å². The lowest BCUT2D eigenvalue weighted by atomic mass is 9.99. The van der Waals surface area contributed by atoms with Gasteiger partial charge in [-0.25, -0.2) is 0 Å². The highest BCUT2D eigenvalue weighted by atomic mass is 16.5. The number of nitrogens with zero attached hydrogens (tertiary/aromatic N) is 1. The van der Waals surface area contributed by atoms with Crippen LogP contribution in [-0.2, 0) is 11.3 Å². The van der Waals surface area contributed by atoms with Gasteiger partial charge in [0.25, 0.3) is 0 Å². The van der Waals surface area contributed by atoms with Gasteiger partial charge in [-0.1, -0.05) is 42.5 Å². The van der Waals surface area contributed by atoms with Crippen LogP contribution < -0.4 is 9.47 Å². The first-order valence-electron chi connectivity index (χ1n) is 9.01. The molecular formula is C22H25NO3.